The Morgan fingerprint density at radius 2 is 2.11 bits per heavy atom. The van der Waals surface area contributed by atoms with Crippen LogP contribution in [0.1, 0.15) is 32.2 Å². The van der Waals surface area contributed by atoms with E-state index in [1.165, 1.54) is 4.70 Å². The Morgan fingerprint density at radius 3 is 2.78 bits per heavy atom. The highest BCUT2D eigenvalue weighted by Crippen LogP contribution is 2.32. The molecule has 0 unspecified atom stereocenters. The lowest BCUT2D eigenvalue weighted by Crippen LogP contribution is -2.09. The van der Waals surface area contributed by atoms with E-state index in [2.05, 4.69) is 31.8 Å². The van der Waals surface area contributed by atoms with Gasteiger partial charge in [0.25, 0.3) is 0 Å². The Kier molecular flexibility index (Phi) is 3.88. The number of aromatic nitrogens is 1. The molecule has 0 bridgehead atoms. The number of ether oxygens (including phenoxy) is 1. The highest BCUT2D eigenvalue weighted by atomic mass is 32.1. The molecule has 3 nitrogen and oxygen atoms in total. The molecule has 0 aliphatic rings. The van der Waals surface area contributed by atoms with E-state index in [0.717, 1.165) is 22.7 Å². The van der Waals surface area contributed by atoms with Crippen molar-refractivity contribution in [3.8, 4) is 5.75 Å². The fraction of sp³-hybridized carbons (Fsp3) is 0.500. The van der Waals surface area contributed by atoms with Crippen molar-refractivity contribution >= 4 is 21.6 Å². The van der Waals surface area contributed by atoms with Crippen molar-refractivity contribution in [2.45, 2.75) is 32.6 Å². The van der Waals surface area contributed by atoms with Crippen molar-refractivity contribution in [2.75, 3.05) is 13.2 Å². The van der Waals surface area contributed by atoms with Gasteiger partial charge in [0.2, 0.25) is 0 Å². The van der Waals surface area contributed by atoms with Crippen LogP contribution in [0.2, 0.25) is 0 Å². The highest BCUT2D eigenvalue weighted by Gasteiger charge is 2.18. The first-order valence-electron chi connectivity index (χ1n) is 6.24. The minimum atomic E-state index is 0.101. The van der Waals surface area contributed by atoms with Crippen LogP contribution in [0.25, 0.3) is 10.2 Å². The van der Waals surface area contributed by atoms with Gasteiger partial charge in [-0.15, -0.1) is 11.3 Å². The summed E-state index contributed by atoms with van der Waals surface area (Å²) in [4.78, 5) is 4.66. The number of nitrogens with two attached hydrogens (primary N) is 1. The molecule has 0 fully saturated rings. The molecule has 0 saturated carbocycles. The summed E-state index contributed by atoms with van der Waals surface area (Å²) >= 11 is 1.74. The molecule has 0 aliphatic heterocycles. The van der Waals surface area contributed by atoms with E-state index >= 15 is 0 Å². The third-order valence-electron chi connectivity index (χ3n) is 2.62. The molecule has 2 rings (SSSR count). The number of thiazole rings is 1. The topological polar surface area (TPSA) is 48.1 Å². The zero-order chi connectivity index (χ0) is 13.2. The molecular formula is C14H20N2OS. The standard InChI is InChI=1S/C14H20N2OS/c1-14(2,3)13-16-11-6-5-10(9-12(11)18-13)17-8-4-7-15/h5-6,9H,4,7-8,15H2,1-3H3. The lowest BCUT2D eigenvalue weighted by atomic mass is 9.98. The van der Waals surface area contributed by atoms with Crippen molar-refractivity contribution < 1.29 is 4.74 Å². The molecule has 0 aliphatic carbocycles. The van der Waals surface area contributed by atoms with Gasteiger partial charge < -0.3 is 10.5 Å². The van der Waals surface area contributed by atoms with Crippen LogP contribution in [0.15, 0.2) is 18.2 Å². The molecule has 1 heterocycles. The Morgan fingerprint density at radius 1 is 1.33 bits per heavy atom. The van der Waals surface area contributed by atoms with Gasteiger partial charge in [0.15, 0.2) is 0 Å². The average molecular weight is 264 g/mol. The second kappa shape index (κ2) is 5.24. The predicted molar refractivity (Wildman–Crippen MR) is 77.5 cm³/mol. The summed E-state index contributed by atoms with van der Waals surface area (Å²) in [6.07, 6.45) is 0.883. The molecular weight excluding hydrogens is 244 g/mol. The number of rotatable bonds is 4. The Balaban J connectivity index is 2.23. The van der Waals surface area contributed by atoms with Crippen LogP contribution in [-0.4, -0.2) is 18.1 Å². The van der Waals surface area contributed by atoms with E-state index in [-0.39, 0.29) is 5.41 Å². The van der Waals surface area contributed by atoms with Crippen molar-refractivity contribution in [1.82, 2.24) is 4.98 Å². The van der Waals surface area contributed by atoms with Gasteiger partial charge in [0.05, 0.1) is 21.8 Å². The second-order valence-corrected chi connectivity index (χ2v) is 6.42. The Hall–Kier alpha value is -1.13. The van der Waals surface area contributed by atoms with Crippen LogP contribution < -0.4 is 10.5 Å². The van der Waals surface area contributed by atoms with Crippen LogP contribution >= 0.6 is 11.3 Å². The number of hydrogen-bond donors (Lipinski definition) is 1. The summed E-state index contributed by atoms with van der Waals surface area (Å²) in [5.41, 5.74) is 6.60. The lowest BCUT2D eigenvalue weighted by Gasteiger charge is -2.13. The number of hydrogen-bond acceptors (Lipinski definition) is 4. The molecule has 0 spiro atoms. The molecule has 4 heteroatoms. The molecule has 1 aromatic carbocycles. The molecule has 18 heavy (non-hydrogen) atoms. The monoisotopic (exact) mass is 264 g/mol. The average Bonchev–Trinajstić information content (AvgIpc) is 2.72. The van der Waals surface area contributed by atoms with Crippen molar-refractivity contribution in [3.05, 3.63) is 23.2 Å². The first kappa shape index (κ1) is 13.3. The van der Waals surface area contributed by atoms with E-state index in [4.69, 9.17) is 10.5 Å². The van der Waals surface area contributed by atoms with E-state index in [0.29, 0.717) is 13.2 Å². The van der Waals surface area contributed by atoms with Gasteiger partial charge in [0, 0.05) is 5.41 Å². The summed E-state index contributed by atoms with van der Waals surface area (Å²) in [6.45, 7) is 7.89. The summed E-state index contributed by atoms with van der Waals surface area (Å²) < 4.78 is 6.83. The van der Waals surface area contributed by atoms with Crippen LogP contribution in [0.4, 0.5) is 0 Å². The van der Waals surface area contributed by atoms with Crippen molar-refractivity contribution in [2.24, 2.45) is 5.73 Å². The number of fused-ring (bicyclic) bond motifs is 1. The minimum absolute atomic E-state index is 0.101. The van der Waals surface area contributed by atoms with Gasteiger partial charge in [-0.3, -0.25) is 0 Å². The molecule has 0 saturated heterocycles. The molecule has 2 N–H and O–H groups in total. The smallest absolute Gasteiger partial charge is 0.120 e. The number of nitrogens with zero attached hydrogens (tertiary/aromatic N) is 1. The zero-order valence-electron chi connectivity index (χ0n) is 11.2. The normalized spacial score (nSPS) is 12.0. The van der Waals surface area contributed by atoms with Gasteiger partial charge in [-0.2, -0.15) is 0 Å². The fourth-order valence-corrected chi connectivity index (χ4v) is 2.64. The molecule has 0 radical (unpaired) electrons. The van der Waals surface area contributed by atoms with Crippen molar-refractivity contribution in [3.63, 3.8) is 0 Å². The van der Waals surface area contributed by atoms with E-state index in [1.807, 2.05) is 12.1 Å². The molecule has 2 aromatic rings. The third kappa shape index (κ3) is 3.00. The molecule has 1 aromatic heterocycles. The summed E-state index contributed by atoms with van der Waals surface area (Å²) in [5.74, 6) is 0.903. The quantitative estimate of drug-likeness (QED) is 0.862. The van der Waals surface area contributed by atoms with Gasteiger partial charge in [-0.1, -0.05) is 20.8 Å². The Bertz CT molecular complexity index is 528. The van der Waals surface area contributed by atoms with E-state index in [9.17, 15) is 0 Å². The maximum Gasteiger partial charge on any atom is 0.120 e. The van der Waals surface area contributed by atoms with Gasteiger partial charge in [0.1, 0.15) is 5.75 Å². The second-order valence-electron chi connectivity index (χ2n) is 5.39. The minimum Gasteiger partial charge on any atom is -0.493 e. The SMILES string of the molecule is CC(C)(C)c1nc2ccc(OCCCN)cc2s1. The zero-order valence-corrected chi connectivity index (χ0v) is 12.0. The maximum absolute atomic E-state index is 5.65. The Labute approximate surface area is 112 Å². The summed E-state index contributed by atoms with van der Waals surface area (Å²) in [7, 11) is 0. The predicted octanol–water partition coefficient (Wildman–Crippen LogP) is 3.32. The summed E-state index contributed by atoms with van der Waals surface area (Å²) in [6, 6.07) is 6.07. The number of benzene rings is 1. The summed E-state index contributed by atoms with van der Waals surface area (Å²) in [5, 5.41) is 1.16. The van der Waals surface area contributed by atoms with Gasteiger partial charge >= 0.3 is 0 Å². The fourth-order valence-electron chi connectivity index (χ4n) is 1.59. The third-order valence-corrected chi connectivity index (χ3v) is 4.06. The van der Waals surface area contributed by atoms with Crippen LogP contribution in [-0.2, 0) is 5.41 Å². The first-order chi connectivity index (χ1) is 8.50. The molecule has 0 atom stereocenters. The molecule has 0 amide bonds. The largest absolute Gasteiger partial charge is 0.493 e. The van der Waals surface area contributed by atoms with E-state index < -0.39 is 0 Å². The van der Waals surface area contributed by atoms with Crippen molar-refractivity contribution in [1.29, 1.82) is 0 Å². The lowest BCUT2D eigenvalue weighted by molar-refractivity contribution is 0.314. The van der Waals surface area contributed by atoms with Gasteiger partial charge in [-0.05, 0) is 31.2 Å². The van der Waals surface area contributed by atoms with Gasteiger partial charge in [-0.25, -0.2) is 4.98 Å². The van der Waals surface area contributed by atoms with Crippen LogP contribution in [0, 0.1) is 0 Å². The maximum atomic E-state index is 5.65. The van der Waals surface area contributed by atoms with Crippen LogP contribution in [0.3, 0.4) is 0 Å². The molecule has 98 valence electrons. The van der Waals surface area contributed by atoms with E-state index in [1.54, 1.807) is 11.3 Å². The first-order valence-corrected chi connectivity index (χ1v) is 7.06. The van der Waals surface area contributed by atoms with Crippen LogP contribution in [0.5, 0.6) is 5.75 Å². The highest BCUT2D eigenvalue weighted by molar-refractivity contribution is 7.18.